The molecule has 0 heterocycles. The van der Waals surface area contributed by atoms with Gasteiger partial charge in [-0.3, -0.25) is 4.79 Å². The number of benzene rings is 2. The van der Waals surface area contributed by atoms with Crippen LogP contribution >= 0.6 is 0 Å². The lowest BCUT2D eigenvalue weighted by atomic mass is 10.2. The maximum atomic E-state index is 11.7. The highest BCUT2D eigenvalue weighted by Gasteiger charge is 1.99. The van der Waals surface area contributed by atoms with E-state index in [9.17, 15) is 4.79 Å². The van der Waals surface area contributed by atoms with Crippen LogP contribution in [0.1, 0.15) is 11.1 Å². The predicted molar refractivity (Wildman–Crippen MR) is 88.4 cm³/mol. The first kappa shape index (κ1) is 15.6. The maximum Gasteiger partial charge on any atom is 0.259 e. The third kappa shape index (κ3) is 4.94. The second-order valence-electron chi connectivity index (χ2n) is 4.79. The first-order chi connectivity index (χ1) is 10.7. The topological polar surface area (TPSA) is 62.7 Å². The maximum absolute atomic E-state index is 11.7. The minimum atomic E-state index is -0.203. The fourth-order valence-electron chi connectivity index (χ4n) is 1.76. The monoisotopic (exact) mass is 297 g/mol. The van der Waals surface area contributed by atoms with Crippen molar-refractivity contribution in [2.24, 2.45) is 5.10 Å². The average molecular weight is 297 g/mol. The van der Waals surface area contributed by atoms with E-state index in [4.69, 9.17) is 4.74 Å². The van der Waals surface area contributed by atoms with Gasteiger partial charge in [-0.1, -0.05) is 17.7 Å². The smallest absolute Gasteiger partial charge is 0.259 e. The Bertz CT molecular complexity index is 634. The predicted octanol–water partition coefficient (Wildman–Crippen LogP) is 2.57. The summed E-state index contributed by atoms with van der Waals surface area (Å²) in [6.45, 7) is 2.19. The van der Waals surface area contributed by atoms with E-state index in [1.165, 1.54) is 5.56 Å². The van der Waals surface area contributed by atoms with Gasteiger partial charge in [-0.2, -0.15) is 5.10 Å². The standard InChI is InChI=1S/C17H19N3O2/c1-13-3-7-15(8-4-13)18-12-17(21)20-19-11-14-5-9-16(22-2)10-6-14/h3-11,18H,12H2,1-2H3,(H,20,21)/b19-11-. The number of methoxy groups -OCH3 is 1. The van der Waals surface area contributed by atoms with Crippen LogP contribution in [0.5, 0.6) is 5.75 Å². The lowest BCUT2D eigenvalue weighted by Crippen LogP contribution is -2.25. The number of carbonyl (C=O) groups excluding carboxylic acids is 1. The van der Waals surface area contributed by atoms with Crippen molar-refractivity contribution in [3.05, 3.63) is 59.7 Å². The molecule has 5 nitrogen and oxygen atoms in total. The van der Waals surface area contributed by atoms with Crippen LogP contribution in [0, 0.1) is 6.92 Å². The van der Waals surface area contributed by atoms with Crippen LogP contribution in [0.2, 0.25) is 0 Å². The number of carbonyl (C=O) groups is 1. The summed E-state index contributed by atoms with van der Waals surface area (Å²) in [5.41, 5.74) is 5.44. The van der Waals surface area contributed by atoms with Gasteiger partial charge < -0.3 is 10.1 Å². The number of amides is 1. The number of nitrogens with zero attached hydrogens (tertiary/aromatic N) is 1. The Kier molecular flexibility index (Phi) is 5.54. The highest BCUT2D eigenvalue weighted by molar-refractivity contribution is 5.84. The van der Waals surface area contributed by atoms with Gasteiger partial charge in [0.25, 0.3) is 5.91 Å². The number of aryl methyl sites for hydroxylation is 1. The van der Waals surface area contributed by atoms with Crippen molar-refractivity contribution in [1.29, 1.82) is 0 Å². The van der Waals surface area contributed by atoms with Crippen molar-refractivity contribution in [1.82, 2.24) is 5.43 Å². The van der Waals surface area contributed by atoms with Crippen molar-refractivity contribution in [3.8, 4) is 5.75 Å². The molecule has 1 amide bonds. The molecule has 0 bridgehead atoms. The number of rotatable bonds is 6. The summed E-state index contributed by atoms with van der Waals surface area (Å²) in [6.07, 6.45) is 1.59. The molecule has 0 spiro atoms. The molecule has 0 aromatic heterocycles. The van der Waals surface area contributed by atoms with Gasteiger partial charge in [0, 0.05) is 5.69 Å². The second kappa shape index (κ2) is 7.83. The molecule has 0 aliphatic rings. The number of anilines is 1. The van der Waals surface area contributed by atoms with E-state index >= 15 is 0 Å². The molecule has 2 aromatic rings. The molecule has 2 N–H and O–H groups in total. The average Bonchev–Trinajstić information content (AvgIpc) is 2.55. The molecule has 0 fully saturated rings. The molecule has 0 saturated heterocycles. The Morgan fingerprint density at radius 3 is 2.45 bits per heavy atom. The second-order valence-corrected chi connectivity index (χ2v) is 4.79. The minimum absolute atomic E-state index is 0.170. The third-order valence-corrected chi connectivity index (χ3v) is 3.02. The van der Waals surface area contributed by atoms with E-state index in [1.54, 1.807) is 13.3 Å². The first-order valence-electron chi connectivity index (χ1n) is 6.94. The van der Waals surface area contributed by atoms with E-state index in [1.807, 2.05) is 55.5 Å². The van der Waals surface area contributed by atoms with Gasteiger partial charge in [0.15, 0.2) is 0 Å². The van der Waals surface area contributed by atoms with Gasteiger partial charge in [0.05, 0.1) is 19.9 Å². The third-order valence-electron chi connectivity index (χ3n) is 3.02. The number of nitrogens with one attached hydrogen (secondary N) is 2. The van der Waals surface area contributed by atoms with Crippen LogP contribution in [0.4, 0.5) is 5.69 Å². The van der Waals surface area contributed by atoms with Crippen molar-refractivity contribution >= 4 is 17.8 Å². The van der Waals surface area contributed by atoms with Crippen LogP contribution < -0.4 is 15.5 Å². The Morgan fingerprint density at radius 1 is 1.14 bits per heavy atom. The Labute approximate surface area is 130 Å². The number of hydrogen-bond donors (Lipinski definition) is 2. The SMILES string of the molecule is COc1ccc(/C=N\NC(=O)CNc2ccc(C)cc2)cc1. The van der Waals surface area contributed by atoms with Crippen LogP contribution in [0.25, 0.3) is 0 Å². The highest BCUT2D eigenvalue weighted by atomic mass is 16.5. The van der Waals surface area contributed by atoms with Gasteiger partial charge in [0.2, 0.25) is 0 Å². The number of hydrazone groups is 1. The molecule has 114 valence electrons. The van der Waals surface area contributed by atoms with Crippen LogP contribution in [-0.4, -0.2) is 25.8 Å². The zero-order valence-corrected chi connectivity index (χ0v) is 12.7. The van der Waals surface area contributed by atoms with Gasteiger partial charge in [-0.15, -0.1) is 0 Å². The van der Waals surface area contributed by atoms with Crippen LogP contribution in [0.3, 0.4) is 0 Å². The van der Waals surface area contributed by atoms with Crippen molar-refractivity contribution < 1.29 is 9.53 Å². The minimum Gasteiger partial charge on any atom is -0.497 e. The summed E-state index contributed by atoms with van der Waals surface area (Å²) in [7, 11) is 1.62. The first-order valence-corrected chi connectivity index (χ1v) is 6.94. The van der Waals surface area contributed by atoms with Crippen molar-refractivity contribution in [3.63, 3.8) is 0 Å². The molecule has 5 heteroatoms. The fraction of sp³-hybridized carbons (Fsp3) is 0.176. The number of hydrogen-bond acceptors (Lipinski definition) is 4. The Balaban J connectivity index is 1.76. The van der Waals surface area contributed by atoms with Crippen molar-refractivity contribution in [2.45, 2.75) is 6.92 Å². The Morgan fingerprint density at radius 2 is 1.82 bits per heavy atom. The highest BCUT2D eigenvalue weighted by Crippen LogP contribution is 2.09. The summed E-state index contributed by atoms with van der Waals surface area (Å²) >= 11 is 0. The van der Waals surface area contributed by atoms with E-state index in [0.717, 1.165) is 17.0 Å². The quantitative estimate of drug-likeness (QED) is 0.636. The van der Waals surface area contributed by atoms with Gasteiger partial charge in [-0.25, -0.2) is 5.43 Å². The summed E-state index contributed by atoms with van der Waals surface area (Å²) in [5, 5.41) is 6.95. The van der Waals surface area contributed by atoms with Gasteiger partial charge in [-0.05, 0) is 48.9 Å². The van der Waals surface area contributed by atoms with Gasteiger partial charge >= 0.3 is 0 Å². The molecule has 2 aromatic carbocycles. The molecule has 2 rings (SSSR count). The van der Waals surface area contributed by atoms with E-state index in [-0.39, 0.29) is 12.5 Å². The summed E-state index contributed by atoms with van der Waals surface area (Å²) < 4.78 is 5.07. The lowest BCUT2D eigenvalue weighted by molar-refractivity contribution is -0.119. The zero-order valence-electron chi connectivity index (χ0n) is 12.7. The molecule has 0 radical (unpaired) electrons. The molecule has 22 heavy (non-hydrogen) atoms. The van der Waals surface area contributed by atoms with E-state index in [2.05, 4.69) is 15.8 Å². The summed E-state index contributed by atoms with van der Waals surface area (Å²) in [5.74, 6) is 0.578. The number of ether oxygens (including phenoxy) is 1. The normalized spacial score (nSPS) is 10.5. The molecule has 0 unspecified atom stereocenters. The van der Waals surface area contributed by atoms with E-state index < -0.39 is 0 Å². The largest absolute Gasteiger partial charge is 0.497 e. The fourth-order valence-corrected chi connectivity index (χ4v) is 1.76. The Hall–Kier alpha value is -2.82. The molecule has 0 aliphatic carbocycles. The molecule has 0 saturated carbocycles. The van der Waals surface area contributed by atoms with E-state index in [0.29, 0.717) is 0 Å². The van der Waals surface area contributed by atoms with Gasteiger partial charge in [0.1, 0.15) is 5.75 Å². The molecular weight excluding hydrogens is 278 g/mol. The van der Waals surface area contributed by atoms with Crippen LogP contribution in [-0.2, 0) is 4.79 Å². The summed E-state index contributed by atoms with van der Waals surface area (Å²) in [4.78, 5) is 11.7. The zero-order chi connectivity index (χ0) is 15.8. The van der Waals surface area contributed by atoms with Crippen molar-refractivity contribution in [2.75, 3.05) is 19.0 Å². The molecule has 0 atom stereocenters. The lowest BCUT2D eigenvalue weighted by Gasteiger charge is -2.05. The van der Waals surface area contributed by atoms with Crippen LogP contribution in [0.15, 0.2) is 53.6 Å². The summed E-state index contributed by atoms with van der Waals surface area (Å²) in [6, 6.07) is 15.2. The molecule has 0 aliphatic heterocycles. The molecular formula is C17H19N3O2.